The van der Waals surface area contributed by atoms with Gasteiger partial charge in [0, 0.05) is 6.07 Å². The first kappa shape index (κ1) is 21.8. The van der Waals surface area contributed by atoms with Crippen LogP contribution in [0.1, 0.15) is 20.7 Å². The number of hydrogen-bond donors (Lipinski definition) is 0. The van der Waals surface area contributed by atoms with E-state index >= 15 is 0 Å². The van der Waals surface area contributed by atoms with Crippen LogP contribution in [0.5, 0.6) is 5.75 Å². The number of imide groups is 1. The summed E-state index contributed by atoms with van der Waals surface area (Å²) in [7, 11) is 1.45. The van der Waals surface area contributed by atoms with Gasteiger partial charge in [-0.2, -0.15) is 0 Å². The van der Waals surface area contributed by atoms with Gasteiger partial charge in [-0.05, 0) is 36.4 Å². The predicted octanol–water partition coefficient (Wildman–Crippen LogP) is 3.02. The molecule has 166 valence electrons. The molecule has 1 aliphatic heterocycles. The maximum Gasteiger partial charge on any atom is 0.339 e. The zero-order valence-electron chi connectivity index (χ0n) is 17.5. The topological polar surface area (TPSA) is 99.2 Å². The Balaban J connectivity index is 1.66. The lowest BCUT2D eigenvalue weighted by Gasteiger charge is -2.16. The Labute approximate surface area is 189 Å². The largest absolute Gasteiger partial charge is 0.497 e. The van der Waals surface area contributed by atoms with Crippen molar-refractivity contribution >= 4 is 29.4 Å². The summed E-state index contributed by atoms with van der Waals surface area (Å²) in [4.78, 5) is 52.5. The van der Waals surface area contributed by atoms with Gasteiger partial charge in [0.05, 0.1) is 23.9 Å². The molecule has 0 bridgehead atoms. The van der Waals surface area contributed by atoms with Crippen LogP contribution in [0.2, 0.25) is 0 Å². The fourth-order valence-corrected chi connectivity index (χ4v) is 3.37. The second-order valence-corrected chi connectivity index (χ2v) is 7.10. The van der Waals surface area contributed by atoms with Gasteiger partial charge in [-0.25, -0.2) is 14.5 Å². The summed E-state index contributed by atoms with van der Waals surface area (Å²) in [6.07, 6.45) is -3.30. The molecule has 33 heavy (non-hydrogen) atoms. The second kappa shape index (κ2) is 9.35. The van der Waals surface area contributed by atoms with Gasteiger partial charge in [0.1, 0.15) is 5.75 Å². The number of ether oxygens (including phenoxy) is 3. The summed E-state index contributed by atoms with van der Waals surface area (Å²) in [5, 5.41) is 0. The summed E-state index contributed by atoms with van der Waals surface area (Å²) < 4.78 is 15.9. The van der Waals surface area contributed by atoms with Gasteiger partial charge in [0.15, 0.2) is 0 Å². The van der Waals surface area contributed by atoms with Gasteiger partial charge in [-0.15, -0.1) is 0 Å². The Hall–Kier alpha value is -4.46. The molecule has 1 fully saturated rings. The molecule has 2 atom stereocenters. The van der Waals surface area contributed by atoms with Crippen molar-refractivity contribution < 1.29 is 33.4 Å². The van der Waals surface area contributed by atoms with E-state index in [1.165, 1.54) is 43.5 Å². The number of esters is 2. The van der Waals surface area contributed by atoms with Crippen molar-refractivity contribution in [1.29, 1.82) is 0 Å². The maximum atomic E-state index is 13.2. The Bertz CT molecular complexity index is 1120. The molecule has 1 aliphatic rings. The van der Waals surface area contributed by atoms with Crippen LogP contribution in [0.3, 0.4) is 0 Å². The standard InChI is InChI=1S/C25H19NO7/c1-31-19-14-8-13-18(15-19)26-22(27)20(32-24(29)16-9-4-2-5-10-16)21(23(26)28)33-25(30)17-11-6-3-7-12-17/h2-15,20-21H,1H3/t20-,21-/m0/s1. The van der Waals surface area contributed by atoms with Crippen LogP contribution < -0.4 is 9.64 Å². The Morgan fingerprint density at radius 3 is 1.64 bits per heavy atom. The van der Waals surface area contributed by atoms with Crippen LogP contribution in [0.15, 0.2) is 84.9 Å². The minimum absolute atomic E-state index is 0.186. The molecule has 0 unspecified atom stereocenters. The van der Waals surface area contributed by atoms with Gasteiger partial charge >= 0.3 is 11.9 Å². The molecular formula is C25H19NO7. The van der Waals surface area contributed by atoms with E-state index < -0.39 is 36.0 Å². The zero-order chi connectivity index (χ0) is 23.4. The van der Waals surface area contributed by atoms with Crippen LogP contribution in [0.4, 0.5) is 5.69 Å². The van der Waals surface area contributed by atoms with Gasteiger partial charge in [0.2, 0.25) is 12.2 Å². The van der Waals surface area contributed by atoms with Crippen LogP contribution in [0, 0.1) is 0 Å². The molecule has 0 aromatic heterocycles. The Morgan fingerprint density at radius 1 is 0.697 bits per heavy atom. The molecule has 2 amide bonds. The summed E-state index contributed by atoms with van der Waals surface area (Å²) >= 11 is 0. The van der Waals surface area contributed by atoms with Gasteiger partial charge < -0.3 is 14.2 Å². The summed E-state index contributed by atoms with van der Waals surface area (Å²) in [6.45, 7) is 0. The first-order valence-electron chi connectivity index (χ1n) is 10.0. The number of amides is 2. The molecule has 1 heterocycles. The summed E-state index contributed by atoms with van der Waals surface area (Å²) in [6, 6.07) is 22.3. The lowest BCUT2D eigenvalue weighted by atomic mass is 10.2. The van der Waals surface area contributed by atoms with E-state index in [0.717, 1.165) is 4.90 Å². The highest BCUT2D eigenvalue weighted by atomic mass is 16.6. The van der Waals surface area contributed by atoms with Crippen LogP contribution in [-0.4, -0.2) is 43.1 Å². The maximum absolute atomic E-state index is 13.2. The molecule has 8 heteroatoms. The SMILES string of the molecule is COc1cccc(N2C(=O)[C@@H](OC(=O)c3ccccc3)[C@H](OC(=O)c3ccccc3)C2=O)c1. The lowest BCUT2D eigenvalue weighted by Crippen LogP contribution is -2.37. The molecule has 3 aromatic carbocycles. The molecular weight excluding hydrogens is 426 g/mol. The Morgan fingerprint density at radius 2 is 1.18 bits per heavy atom. The molecule has 0 N–H and O–H groups in total. The smallest absolute Gasteiger partial charge is 0.339 e. The number of carbonyl (C=O) groups excluding carboxylic acids is 4. The summed E-state index contributed by atoms with van der Waals surface area (Å²) in [5.74, 6) is -2.90. The lowest BCUT2D eigenvalue weighted by molar-refractivity contribution is -0.130. The van der Waals surface area contributed by atoms with Crippen molar-refractivity contribution in [2.75, 3.05) is 12.0 Å². The van der Waals surface area contributed by atoms with Crippen molar-refractivity contribution in [3.8, 4) is 5.75 Å². The molecule has 8 nitrogen and oxygen atoms in total. The third kappa shape index (κ3) is 4.45. The van der Waals surface area contributed by atoms with Crippen molar-refractivity contribution in [2.45, 2.75) is 12.2 Å². The van der Waals surface area contributed by atoms with Gasteiger partial charge in [-0.1, -0.05) is 42.5 Å². The average Bonchev–Trinajstić information content (AvgIpc) is 3.08. The first-order valence-corrected chi connectivity index (χ1v) is 10.0. The average molecular weight is 445 g/mol. The molecule has 3 aromatic rings. The number of hydrogen-bond acceptors (Lipinski definition) is 7. The van der Waals surface area contributed by atoms with E-state index in [2.05, 4.69) is 0 Å². The van der Waals surface area contributed by atoms with Gasteiger partial charge in [0.25, 0.3) is 11.8 Å². The Kier molecular flexibility index (Phi) is 6.17. The van der Waals surface area contributed by atoms with E-state index in [1.54, 1.807) is 48.5 Å². The van der Waals surface area contributed by atoms with E-state index in [4.69, 9.17) is 14.2 Å². The highest BCUT2D eigenvalue weighted by molar-refractivity contribution is 6.25. The number of nitrogens with zero attached hydrogens (tertiary/aromatic N) is 1. The normalized spacial score (nSPS) is 17.5. The van der Waals surface area contributed by atoms with Gasteiger partial charge in [-0.3, -0.25) is 9.59 Å². The molecule has 0 aliphatic carbocycles. The zero-order valence-corrected chi connectivity index (χ0v) is 17.5. The van der Waals surface area contributed by atoms with E-state index in [1.807, 2.05) is 0 Å². The number of carbonyl (C=O) groups is 4. The van der Waals surface area contributed by atoms with Crippen LogP contribution in [0.25, 0.3) is 0 Å². The molecule has 1 saturated heterocycles. The van der Waals surface area contributed by atoms with Crippen molar-refractivity contribution in [1.82, 2.24) is 0 Å². The predicted molar refractivity (Wildman–Crippen MR) is 117 cm³/mol. The van der Waals surface area contributed by atoms with E-state index in [9.17, 15) is 19.2 Å². The highest BCUT2D eigenvalue weighted by Crippen LogP contribution is 2.30. The number of rotatable bonds is 6. The second-order valence-electron chi connectivity index (χ2n) is 7.10. The third-order valence-electron chi connectivity index (χ3n) is 5.00. The molecule has 4 rings (SSSR count). The molecule has 0 saturated carbocycles. The fraction of sp³-hybridized carbons (Fsp3) is 0.120. The summed E-state index contributed by atoms with van der Waals surface area (Å²) in [5.41, 5.74) is 0.569. The van der Waals surface area contributed by atoms with Crippen molar-refractivity contribution in [2.24, 2.45) is 0 Å². The monoisotopic (exact) mass is 445 g/mol. The minimum Gasteiger partial charge on any atom is -0.497 e. The van der Waals surface area contributed by atoms with Crippen LogP contribution in [-0.2, 0) is 19.1 Å². The fourth-order valence-electron chi connectivity index (χ4n) is 3.37. The van der Waals surface area contributed by atoms with E-state index in [0.29, 0.717) is 5.75 Å². The van der Waals surface area contributed by atoms with Crippen molar-refractivity contribution in [3.05, 3.63) is 96.1 Å². The minimum atomic E-state index is -1.65. The number of benzene rings is 3. The molecule has 0 radical (unpaired) electrons. The van der Waals surface area contributed by atoms with Crippen molar-refractivity contribution in [3.63, 3.8) is 0 Å². The van der Waals surface area contributed by atoms with Crippen LogP contribution >= 0.6 is 0 Å². The number of anilines is 1. The first-order chi connectivity index (χ1) is 16.0. The highest BCUT2D eigenvalue weighted by Gasteiger charge is 2.53. The molecule has 0 spiro atoms. The third-order valence-corrected chi connectivity index (χ3v) is 5.00. The van der Waals surface area contributed by atoms with E-state index in [-0.39, 0.29) is 16.8 Å². The number of methoxy groups -OCH3 is 1. The quantitative estimate of drug-likeness (QED) is 0.425.